The van der Waals surface area contributed by atoms with Gasteiger partial charge in [-0.15, -0.1) is 0 Å². The summed E-state index contributed by atoms with van der Waals surface area (Å²) in [7, 11) is 0. The number of halogens is 1. The molecule has 10 nitrogen and oxygen atoms in total. The van der Waals surface area contributed by atoms with Gasteiger partial charge in [0.1, 0.15) is 0 Å². The highest BCUT2D eigenvalue weighted by atomic mass is 79.9. The molecule has 0 atom stereocenters. The standard InChI is InChI=1S/C24H21BrN4O6/c1-14-8-20-21(12-24(2,3)13-22(20)27(14)17-6-4-16(25)5-7-17)26-35-23(30)15-9-18(28(31)32)11-19(10-15)29(33)34/h4-11H,12-13H2,1-3H3/b26-21+. The molecule has 4 rings (SSSR count). The van der Waals surface area contributed by atoms with E-state index in [0.717, 1.165) is 51.7 Å². The molecule has 0 aliphatic heterocycles. The largest absolute Gasteiger partial charge is 0.366 e. The molecule has 3 aromatic rings. The zero-order valence-electron chi connectivity index (χ0n) is 19.1. The number of fused-ring (bicyclic) bond motifs is 1. The van der Waals surface area contributed by atoms with Crippen LogP contribution in [0, 0.1) is 32.6 Å². The number of nitrogens with zero attached hydrogens (tertiary/aromatic N) is 4. The Balaban J connectivity index is 1.71. The molecule has 0 bridgehead atoms. The first-order valence-corrected chi connectivity index (χ1v) is 11.4. The zero-order valence-corrected chi connectivity index (χ0v) is 20.7. The molecule has 1 aliphatic rings. The lowest BCUT2D eigenvalue weighted by Gasteiger charge is -2.31. The molecule has 0 radical (unpaired) electrons. The number of hydrogen-bond acceptors (Lipinski definition) is 7. The second kappa shape index (κ2) is 9.06. The average molecular weight is 541 g/mol. The average Bonchev–Trinajstić information content (AvgIpc) is 3.12. The minimum atomic E-state index is -1.02. The van der Waals surface area contributed by atoms with E-state index in [9.17, 15) is 25.0 Å². The first-order valence-electron chi connectivity index (χ1n) is 10.6. The predicted molar refractivity (Wildman–Crippen MR) is 132 cm³/mol. The van der Waals surface area contributed by atoms with Crippen LogP contribution >= 0.6 is 15.9 Å². The summed E-state index contributed by atoms with van der Waals surface area (Å²) in [6, 6.07) is 12.6. The lowest BCUT2D eigenvalue weighted by molar-refractivity contribution is -0.394. The number of aromatic nitrogens is 1. The number of non-ortho nitro benzene ring substituents is 2. The second-order valence-electron chi connectivity index (χ2n) is 9.14. The molecule has 1 aliphatic carbocycles. The van der Waals surface area contributed by atoms with E-state index in [4.69, 9.17) is 4.84 Å². The quantitative estimate of drug-likeness (QED) is 0.225. The van der Waals surface area contributed by atoms with E-state index < -0.39 is 27.2 Å². The van der Waals surface area contributed by atoms with Crippen LogP contribution in [0.4, 0.5) is 11.4 Å². The molecule has 180 valence electrons. The molecule has 0 N–H and O–H groups in total. The predicted octanol–water partition coefficient (Wildman–Crippen LogP) is 5.90. The van der Waals surface area contributed by atoms with Crippen molar-refractivity contribution in [2.75, 3.05) is 0 Å². The Bertz CT molecular complexity index is 1360. The number of oxime groups is 1. The molecule has 11 heteroatoms. The number of carbonyl (C=O) groups excluding carboxylic acids is 1. The number of benzene rings is 2. The Kier molecular flexibility index (Phi) is 6.28. The van der Waals surface area contributed by atoms with E-state index in [1.165, 1.54) is 0 Å². The van der Waals surface area contributed by atoms with Gasteiger partial charge in [0.05, 0.1) is 27.2 Å². The van der Waals surface area contributed by atoms with E-state index in [0.29, 0.717) is 12.1 Å². The SMILES string of the molecule is Cc1cc2c(n1-c1ccc(Br)cc1)CC(C)(C)C/C2=N\OC(=O)c1cc([N+](=O)[O-])cc([N+](=O)[O-])c1. The summed E-state index contributed by atoms with van der Waals surface area (Å²) < 4.78 is 3.11. The van der Waals surface area contributed by atoms with Crippen molar-refractivity contribution >= 4 is 39.0 Å². The number of nitro groups is 2. The van der Waals surface area contributed by atoms with Crippen LogP contribution in [0.3, 0.4) is 0 Å². The third-order valence-electron chi connectivity index (χ3n) is 5.77. The van der Waals surface area contributed by atoms with Crippen molar-refractivity contribution in [1.29, 1.82) is 0 Å². The Hall–Kier alpha value is -3.86. The summed E-state index contributed by atoms with van der Waals surface area (Å²) >= 11 is 3.46. The number of carbonyl (C=O) groups is 1. The van der Waals surface area contributed by atoms with Gasteiger partial charge in [0.2, 0.25) is 0 Å². The number of hydrogen-bond donors (Lipinski definition) is 0. The molecular weight excluding hydrogens is 520 g/mol. The van der Waals surface area contributed by atoms with Gasteiger partial charge in [-0.1, -0.05) is 34.9 Å². The van der Waals surface area contributed by atoms with Crippen LogP contribution in [-0.4, -0.2) is 26.1 Å². The summed E-state index contributed by atoms with van der Waals surface area (Å²) in [6.45, 7) is 6.16. The van der Waals surface area contributed by atoms with E-state index in [-0.39, 0.29) is 11.0 Å². The van der Waals surface area contributed by atoms with Crippen LogP contribution in [0.25, 0.3) is 5.69 Å². The smallest absolute Gasteiger partial charge is 0.318 e. The maximum atomic E-state index is 12.7. The number of nitro benzene ring substituents is 2. The van der Waals surface area contributed by atoms with Crippen LogP contribution in [0.15, 0.2) is 58.2 Å². The van der Waals surface area contributed by atoms with Crippen LogP contribution in [0.5, 0.6) is 0 Å². The van der Waals surface area contributed by atoms with E-state index in [2.05, 4.69) is 39.5 Å². The molecule has 0 spiro atoms. The fourth-order valence-corrected chi connectivity index (χ4v) is 4.55. The Morgan fingerprint density at radius 2 is 1.63 bits per heavy atom. The van der Waals surface area contributed by atoms with Gasteiger partial charge >= 0.3 is 5.97 Å². The van der Waals surface area contributed by atoms with Gasteiger partial charge < -0.3 is 9.40 Å². The Morgan fingerprint density at radius 1 is 1.03 bits per heavy atom. The molecule has 35 heavy (non-hydrogen) atoms. The summed E-state index contributed by atoms with van der Waals surface area (Å²) in [4.78, 5) is 38.5. The fourth-order valence-electron chi connectivity index (χ4n) is 4.28. The first-order chi connectivity index (χ1) is 16.4. The van der Waals surface area contributed by atoms with Crippen molar-refractivity contribution < 1.29 is 19.5 Å². The first kappa shape index (κ1) is 24.3. The highest BCUT2D eigenvalue weighted by Gasteiger charge is 2.34. The maximum Gasteiger partial charge on any atom is 0.366 e. The summed E-state index contributed by atoms with van der Waals surface area (Å²) in [5.74, 6) is -1.02. The van der Waals surface area contributed by atoms with Crippen molar-refractivity contribution in [1.82, 2.24) is 4.57 Å². The van der Waals surface area contributed by atoms with Gasteiger partial charge in [-0.05, 0) is 55.5 Å². The second-order valence-corrected chi connectivity index (χ2v) is 10.1. The van der Waals surface area contributed by atoms with Crippen LogP contribution in [0.1, 0.15) is 47.6 Å². The van der Waals surface area contributed by atoms with Crippen molar-refractivity contribution in [3.05, 3.63) is 95.7 Å². The molecular formula is C24H21BrN4O6. The van der Waals surface area contributed by atoms with Gasteiger partial charge in [0.25, 0.3) is 11.4 Å². The fraction of sp³-hybridized carbons (Fsp3) is 0.250. The van der Waals surface area contributed by atoms with Crippen molar-refractivity contribution in [2.45, 2.75) is 33.6 Å². The third kappa shape index (κ3) is 4.99. The van der Waals surface area contributed by atoms with Crippen LogP contribution in [0.2, 0.25) is 0 Å². The van der Waals surface area contributed by atoms with E-state index >= 15 is 0 Å². The van der Waals surface area contributed by atoms with E-state index in [1.807, 2.05) is 37.3 Å². The summed E-state index contributed by atoms with van der Waals surface area (Å²) in [6.07, 6.45) is 1.31. The van der Waals surface area contributed by atoms with Crippen LogP contribution in [-0.2, 0) is 11.3 Å². The van der Waals surface area contributed by atoms with Crippen LogP contribution < -0.4 is 0 Å². The Morgan fingerprint density at radius 3 is 2.20 bits per heavy atom. The Labute approximate surface area is 208 Å². The highest BCUT2D eigenvalue weighted by molar-refractivity contribution is 9.10. The summed E-state index contributed by atoms with van der Waals surface area (Å²) in [5, 5.41) is 26.4. The number of aryl methyl sites for hydroxylation is 1. The molecule has 2 aromatic carbocycles. The lowest BCUT2D eigenvalue weighted by atomic mass is 9.76. The van der Waals surface area contributed by atoms with Gasteiger partial charge in [-0.3, -0.25) is 20.2 Å². The van der Waals surface area contributed by atoms with Crippen molar-refractivity contribution in [2.24, 2.45) is 10.6 Å². The molecule has 1 aromatic heterocycles. The third-order valence-corrected chi connectivity index (χ3v) is 6.30. The molecule has 0 unspecified atom stereocenters. The van der Waals surface area contributed by atoms with Gasteiger partial charge in [-0.2, -0.15) is 0 Å². The van der Waals surface area contributed by atoms with Gasteiger partial charge in [0.15, 0.2) is 0 Å². The zero-order chi connectivity index (χ0) is 25.5. The molecule has 0 saturated carbocycles. The molecule has 0 saturated heterocycles. The normalized spacial score (nSPS) is 15.5. The molecule has 0 amide bonds. The topological polar surface area (TPSA) is 130 Å². The molecule has 0 fully saturated rings. The van der Waals surface area contributed by atoms with E-state index in [1.54, 1.807) is 0 Å². The highest BCUT2D eigenvalue weighted by Crippen LogP contribution is 2.38. The minimum absolute atomic E-state index is 0.180. The lowest BCUT2D eigenvalue weighted by Crippen LogP contribution is -2.28. The van der Waals surface area contributed by atoms with Crippen molar-refractivity contribution in [3.63, 3.8) is 0 Å². The summed E-state index contributed by atoms with van der Waals surface area (Å²) in [5.41, 5.74) is 2.75. The maximum absolute atomic E-state index is 12.7. The minimum Gasteiger partial charge on any atom is -0.318 e. The molecule has 1 heterocycles. The number of rotatable bonds is 5. The van der Waals surface area contributed by atoms with Crippen molar-refractivity contribution in [3.8, 4) is 5.69 Å². The monoisotopic (exact) mass is 540 g/mol. The van der Waals surface area contributed by atoms with Gasteiger partial charge in [0, 0.05) is 39.2 Å². The van der Waals surface area contributed by atoms with Gasteiger partial charge in [-0.25, -0.2) is 4.79 Å².